The third-order valence-electron chi connectivity index (χ3n) is 4.29. The zero-order chi connectivity index (χ0) is 16.7. The number of amides is 1. The number of benzene rings is 1. The number of hydrogen-bond acceptors (Lipinski definition) is 4. The third-order valence-corrected chi connectivity index (χ3v) is 4.82. The van der Waals surface area contributed by atoms with E-state index in [1.807, 2.05) is 30.5 Å². The smallest absolute Gasteiger partial charge is 0.256 e. The molecule has 0 unspecified atom stereocenters. The second-order valence-corrected chi connectivity index (χ2v) is 6.81. The number of nitrogens with one attached hydrogen (secondary N) is 1. The van der Waals surface area contributed by atoms with Gasteiger partial charge in [0, 0.05) is 22.1 Å². The van der Waals surface area contributed by atoms with Gasteiger partial charge in [-0.3, -0.25) is 4.79 Å². The summed E-state index contributed by atoms with van der Waals surface area (Å²) in [5, 5.41) is 7.78. The lowest BCUT2D eigenvalue weighted by molar-refractivity contribution is 0.100. The molecule has 7 heteroatoms. The molecule has 0 spiro atoms. The molecule has 1 aliphatic carbocycles. The summed E-state index contributed by atoms with van der Waals surface area (Å²) in [5.41, 5.74) is 9.59. The number of primary amides is 1. The number of halogens is 1. The Morgan fingerprint density at radius 1 is 1.21 bits per heavy atom. The quantitative estimate of drug-likeness (QED) is 0.724. The molecule has 1 amide bonds. The van der Waals surface area contributed by atoms with Gasteiger partial charge in [-0.25, -0.2) is 9.50 Å². The van der Waals surface area contributed by atoms with Crippen molar-refractivity contribution in [2.45, 2.75) is 25.7 Å². The molecule has 2 aromatic heterocycles. The van der Waals surface area contributed by atoms with E-state index in [-0.39, 0.29) is 0 Å². The predicted molar refractivity (Wildman–Crippen MR) is 95.6 cm³/mol. The predicted octanol–water partition coefficient (Wildman–Crippen LogP) is 3.21. The molecule has 6 nitrogen and oxygen atoms in total. The summed E-state index contributed by atoms with van der Waals surface area (Å²) in [6, 6.07) is 7.65. The van der Waals surface area contributed by atoms with E-state index in [2.05, 4.69) is 31.3 Å². The van der Waals surface area contributed by atoms with E-state index >= 15 is 0 Å². The van der Waals surface area contributed by atoms with E-state index < -0.39 is 5.91 Å². The summed E-state index contributed by atoms with van der Waals surface area (Å²) in [7, 11) is 0. The molecule has 3 N–H and O–H groups in total. The molecule has 24 heavy (non-hydrogen) atoms. The molecular weight excluding hydrogens is 370 g/mol. The van der Waals surface area contributed by atoms with Gasteiger partial charge in [-0.15, -0.1) is 5.10 Å². The monoisotopic (exact) mass is 385 g/mol. The van der Waals surface area contributed by atoms with Gasteiger partial charge in [0.2, 0.25) is 0 Å². The fraction of sp³-hybridized carbons (Fsp3) is 0.235. The first-order valence-corrected chi connectivity index (χ1v) is 8.64. The average molecular weight is 386 g/mol. The number of carbonyl (C=O) groups is 1. The zero-order valence-electron chi connectivity index (χ0n) is 12.9. The number of aryl methyl sites for hydroxylation is 2. The number of hydrogen-bond donors (Lipinski definition) is 2. The second kappa shape index (κ2) is 5.90. The van der Waals surface area contributed by atoms with Gasteiger partial charge in [0.05, 0.1) is 0 Å². The first kappa shape index (κ1) is 15.1. The number of carbonyl (C=O) groups excluding carboxylic acids is 1. The first-order valence-electron chi connectivity index (χ1n) is 7.85. The van der Waals surface area contributed by atoms with Gasteiger partial charge in [0.15, 0.2) is 11.5 Å². The minimum absolute atomic E-state index is 0.325. The minimum Gasteiger partial charge on any atom is -0.365 e. The van der Waals surface area contributed by atoms with E-state index in [0.717, 1.165) is 41.5 Å². The Labute approximate surface area is 147 Å². The van der Waals surface area contributed by atoms with Crippen LogP contribution in [-0.2, 0) is 12.8 Å². The van der Waals surface area contributed by atoms with Crippen LogP contribution in [0.25, 0.3) is 5.65 Å². The molecule has 0 radical (unpaired) electrons. The SMILES string of the molecule is NC(=O)c1c(Nc2ccc(Br)cc2)nn2c3c(cnc12)CCCC3. The Morgan fingerprint density at radius 3 is 2.71 bits per heavy atom. The van der Waals surface area contributed by atoms with E-state index in [1.54, 1.807) is 4.52 Å². The van der Waals surface area contributed by atoms with Crippen molar-refractivity contribution in [3.8, 4) is 0 Å². The lowest BCUT2D eigenvalue weighted by atomic mass is 9.97. The molecule has 122 valence electrons. The summed E-state index contributed by atoms with van der Waals surface area (Å²) >= 11 is 3.41. The molecule has 0 aliphatic heterocycles. The molecule has 1 aromatic carbocycles. The number of aromatic nitrogens is 3. The Bertz CT molecular complexity index is 932. The van der Waals surface area contributed by atoms with Crippen molar-refractivity contribution in [3.63, 3.8) is 0 Å². The van der Waals surface area contributed by atoms with E-state index in [9.17, 15) is 4.79 Å². The molecule has 0 bridgehead atoms. The van der Waals surface area contributed by atoms with Gasteiger partial charge in [0.1, 0.15) is 5.56 Å². The highest BCUT2D eigenvalue weighted by Crippen LogP contribution is 2.27. The van der Waals surface area contributed by atoms with E-state index in [0.29, 0.717) is 17.0 Å². The second-order valence-electron chi connectivity index (χ2n) is 5.89. The van der Waals surface area contributed by atoms with E-state index in [1.165, 1.54) is 5.56 Å². The van der Waals surface area contributed by atoms with Crippen molar-refractivity contribution in [3.05, 3.63) is 51.8 Å². The number of anilines is 2. The van der Waals surface area contributed by atoms with Crippen LogP contribution < -0.4 is 11.1 Å². The molecule has 0 saturated heterocycles. The highest BCUT2D eigenvalue weighted by atomic mass is 79.9. The van der Waals surface area contributed by atoms with E-state index in [4.69, 9.17) is 5.73 Å². The highest BCUT2D eigenvalue weighted by molar-refractivity contribution is 9.10. The summed E-state index contributed by atoms with van der Waals surface area (Å²) in [5.74, 6) is -0.0934. The van der Waals surface area contributed by atoms with Crippen molar-refractivity contribution in [1.82, 2.24) is 14.6 Å². The van der Waals surface area contributed by atoms with Crippen LogP contribution in [0.4, 0.5) is 11.5 Å². The highest BCUT2D eigenvalue weighted by Gasteiger charge is 2.23. The van der Waals surface area contributed by atoms with Crippen LogP contribution in [0.1, 0.15) is 34.5 Å². The first-order chi connectivity index (χ1) is 11.6. The maximum Gasteiger partial charge on any atom is 0.256 e. The molecular formula is C17H16BrN5O. The molecule has 0 fully saturated rings. The van der Waals surface area contributed by atoms with Crippen LogP contribution in [0, 0.1) is 0 Å². The fourth-order valence-corrected chi connectivity index (χ4v) is 3.40. The number of nitrogens with zero attached hydrogens (tertiary/aromatic N) is 3. The van der Waals surface area contributed by atoms with Crippen molar-refractivity contribution in [2.75, 3.05) is 5.32 Å². The van der Waals surface area contributed by atoms with Gasteiger partial charge in [-0.1, -0.05) is 15.9 Å². The average Bonchev–Trinajstić information content (AvgIpc) is 2.95. The largest absolute Gasteiger partial charge is 0.365 e. The third kappa shape index (κ3) is 2.54. The van der Waals surface area contributed by atoms with Crippen LogP contribution >= 0.6 is 15.9 Å². The minimum atomic E-state index is -0.534. The van der Waals surface area contributed by atoms with Crippen molar-refractivity contribution in [1.29, 1.82) is 0 Å². The zero-order valence-corrected chi connectivity index (χ0v) is 14.5. The Kier molecular flexibility index (Phi) is 3.72. The summed E-state index contributed by atoms with van der Waals surface area (Å²) in [6.07, 6.45) is 6.06. The van der Waals surface area contributed by atoms with Gasteiger partial charge >= 0.3 is 0 Å². The molecule has 1 aliphatic rings. The standard InChI is InChI=1S/C17H16BrN5O/c18-11-5-7-12(8-6-11)21-16-14(15(19)24)17-20-9-10-3-1-2-4-13(10)23(17)22-16/h5-9H,1-4H2,(H2,19,24)(H,21,22). The summed E-state index contributed by atoms with van der Waals surface area (Å²) < 4.78 is 2.75. The molecule has 0 atom stereocenters. The van der Waals surface area contributed by atoms with Crippen molar-refractivity contribution in [2.24, 2.45) is 5.73 Å². The molecule has 2 heterocycles. The van der Waals surface area contributed by atoms with Crippen molar-refractivity contribution >= 4 is 39.0 Å². The van der Waals surface area contributed by atoms with Gasteiger partial charge < -0.3 is 11.1 Å². The van der Waals surface area contributed by atoms with Crippen molar-refractivity contribution < 1.29 is 4.79 Å². The van der Waals surface area contributed by atoms with Crippen LogP contribution in [-0.4, -0.2) is 20.5 Å². The summed E-state index contributed by atoms with van der Waals surface area (Å²) in [4.78, 5) is 16.4. The maximum atomic E-state index is 12.0. The fourth-order valence-electron chi connectivity index (χ4n) is 3.13. The normalized spacial score (nSPS) is 13.7. The lowest BCUT2D eigenvalue weighted by Crippen LogP contribution is -2.14. The Balaban J connectivity index is 1.86. The number of fused-ring (bicyclic) bond motifs is 3. The van der Waals surface area contributed by atoms with Crippen LogP contribution in [0.3, 0.4) is 0 Å². The molecule has 4 rings (SSSR count). The van der Waals surface area contributed by atoms with Crippen LogP contribution in [0.2, 0.25) is 0 Å². The Hall–Kier alpha value is -2.41. The Morgan fingerprint density at radius 2 is 1.96 bits per heavy atom. The topological polar surface area (TPSA) is 85.3 Å². The molecule has 3 aromatic rings. The number of rotatable bonds is 3. The number of nitrogens with two attached hydrogens (primary N) is 1. The van der Waals surface area contributed by atoms with Gasteiger partial charge in [-0.2, -0.15) is 0 Å². The van der Waals surface area contributed by atoms with Gasteiger partial charge in [0.25, 0.3) is 5.91 Å². The lowest BCUT2D eigenvalue weighted by Gasteiger charge is -2.15. The van der Waals surface area contributed by atoms with Gasteiger partial charge in [-0.05, 0) is 55.5 Å². The van der Waals surface area contributed by atoms with Crippen LogP contribution in [0.15, 0.2) is 34.9 Å². The summed E-state index contributed by atoms with van der Waals surface area (Å²) in [6.45, 7) is 0. The maximum absolute atomic E-state index is 12.0. The molecule has 0 saturated carbocycles. The van der Waals surface area contributed by atoms with Crippen LogP contribution in [0.5, 0.6) is 0 Å².